The zero-order valence-electron chi connectivity index (χ0n) is 11.7. The van der Waals surface area contributed by atoms with Crippen LogP contribution in [0.1, 0.15) is 19.3 Å². The van der Waals surface area contributed by atoms with Gasteiger partial charge in [-0.15, -0.1) is 0 Å². The number of carboxylic acids is 1. The highest BCUT2D eigenvalue weighted by molar-refractivity contribution is 5.81. The molecular weight excluding hydrogens is 260 g/mol. The van der Waals surface area contributed by atoms with Gasteiger partial charge in [-0.25, -0.2) is 0 Å². The highest BCUT2D eigenvalue weighted by Gasteiger charge is 2.52. The van der Waals surface area contributed by atoms with Crippen LogP contribution in [0.2, 0.25) is 0 Å². The minimum Gasteiger partial charge on any atom is -0.481 e. The van der Waals surface area contributed by atoms with E-state index in [1.165, 1.54) is 0 Å². The number of carboxylic acid groups (broad SMARTS) is 1. The summed E-state index contributed by atoms with van der Waals surface area (Å²) in [5, 5.41) is 15.5. The molecule has 3 aliphatic rings. The first-order valence-corrected chi connectivity index (χ1v) is 7.40. The smallest absolute Gasteiger partial charge is 0.308 e. The molecule has 2 bridgehead atoms. The maximum atomic E-state index is 12.4. The predicted molar refractivity (Wildman–Crippen MR) is 71.0 cm³/mol. The van der Waals surface area contributed by atoms with Crippen LogP contribution in [0.25, 0.3) is 0 Å². The summed E-state index contributed by atoms with van der Waals surface area (Å²) in [5.41, 5.74) is 0. The van der Waals surface area contributed by atoms with E-state index in [1.807, 2.05) is 7.05 Å². The van der Waals surface area contributed by atoms with Gasteiger partial charge in [-0.1, -0.05) is 0 Å². The van der Waals surface area contributed by atoms with Gasteiger partial charge in [-0.3, -0.25) is 9.59 Å². The molecule has 3 N–H and O–H groups in total. The Kier molecular flexibility index (Phi) is 3.69. The average molecular weight is 282 g/mol. The van der Waals surface area contributed by atoms with E-state index in [2.05, 4.69) is 10.6 Å². The minimum absolute atomic E-state index is 0.0249. The van der Waals surface area contributed by atoms with Crippen molar-refractivity contribution in [3.8, 4) is 0 Å². The van der Waals surface area contributed by atoms with Crippen LogP contribution in [0.15, 0.2) is 0 Å². The van der Waals surface area contributed by atoms with Gasteiger partial charge in [0.2, 0.25) is 5.91 Å². The lowest BCUT2D eigenvalue weighted by atomic mass is 9.84. The molecule has 2 aliphatic carbocycles. The van der Waals surface area contributed by atoms with E-state index in [0.29, 0.717) is 19.1 Å². The summed E-state index contributed by atoms with van der Waals surface area (Å²) in [6.07, 6.45) is 2.97. The Morgan fingerprint density at radius 3 is 2.65 bits per heavy atom. The van der Waals surface area contributed by atoms with Crippen molar-refractivity contribution < 1.29 is 19.4 Å². The molecule has 0 aromatic carbocycles. The SMILES string of the molecule is CNC1COCC1C(=O)NC1C2CCC(C2)C1C(=O)O. The number of carbonyl (C=O) groups is 2. The second-order valence-electron chi connectivity index (χ2n) is 6.27. The third-order valence-corrected chi connectivity index (χ3v) is 5.30. The van der Waals surface area contributed by atoms with Gasteiger partial charge >= 0.3 is 5.97 Å². The van der Waals surface area contributed by atoms with E-state index in [-0.39, 0.29) is 29.8 Å². The van der Waals surface area contributed by atoms with Crippen molar-refractivity contribution in [2.24, 2.45) is 23.7 Å². The van der Waals surface area contributed by atoms with E-state index < -0.39 is 11.9 Å². The molecule has 6 heteroatoms. The molecule has 112 valence electrons. The largest absolute Gasteiger partial charge is 0.481 e. The minimum atomic E-state index is -0.768. The third kappa shape index (κ3) is 2.20. The number of amides is 1. The molecule has 2 saturated carbocycles. The lowest BCUT2D eigenvalue weighted by molar-refractivity contribution is -0.145. The van der Waals surface area contributed by atoms with E-state index >= 15 is 0 Å². The van der Waals surface area contributed by atoms with Gasteiger partial charge in [-0.05, 0) is 38.1 Å². The second-order valence-corrected chi connectivity index (χ2v) is 6.27. The van der Waals surface area contributed by atoms with Crippen molar-refractivity contribution in [1.29, 1.82) is 0 Å². The Bertz CT molecular complexity index is 414. The Morgan fingerprint density at radius 1 is 1.20 bits per heavy atom. The molecule has 0 spiro atoms. The van der Waals surface area contributed by atoms with Crippen molar-refractivity contribution >= 4 is 11.9 Å². The Morgan fingerprint density at radius 2 is 1.95 bits per heavy atom. The van der Waals surface area contributed by atoms with Gasteiger partial charge in [0.05, 0.1) is 25.0 Å². The van der Waals surface area contributed by atoms with Gasteiger partial charge in [0.1, 0.15) is 0 Å². The predicted octanol–water partition coefficient (Wildman–Crippen LogP) is -0.164. The molecule has 1 heterocycles. The fraction of sp³-hybridized carbons (Fsp3) is 0.857. The second kappa shape index (κ2) is 5.33. The number of rotatable bonds is 4. The number of hydrogen-bond acceptors (Lipinski definition) is 4. The van der Waals surface area contributed by atoms with Crippen molar-refractivity contribution in [2.45, 2.75) is 31.3 Å². The molecule has 6 atom stereocenters. The Labute approximate surface area is 118 Å². The van der Waals surface area contributed by atoms with Crippen LogP contribution < -0.4 is 10.6 Å². The quantitative estimate of drug-likeness (QED) is 0.667. The van der Waals surface area contributed by atoms with Gasteiger partial charge in [-0.2, -0.15) is 0 Å². The van der Waals surface area contributed by atoms with Crippen molar-refractivity contribution in [3.63, 3.8) is 0 Å². The molecule has 0 aromatic rings. The molecule has 1 aliphatic heterocycles. The summed E-state index contributed by atoms with van der Waals surface area (Å²) in [5.74, 6) is -0.884. The van der Waals surface area contributed by atoms with Crippen LogP contribution in [-0.2, 0) is 14.3 Å². The van der Waals surface area contributed by atoms with Crippen LogP contribution in [-0.4, -0.2) is 49.3 Å². The highest BCUT2D eigenvalue weighted by atomic mass is 16.5. The number of carbonyl (C=O) groups excluding carboxylic acids is 1. The van der Waals surface area contributed by atoms with Crippen LogP contribution in [0, 0.1) is 23.7 Å². The summed E-state index contributed by atoms with van der Waals surface area (Å²) in [7, 11) is 1.82. The standard InChI is InChI=1S/C14H22N2O4/c1-15-10-6-20-5-9(10)13(17)16-12-8-3-2-7(4-8)11(12)14(18)19/h7-12,15H,2-6H2,1H3,(H,16,17)(H,18,19). The van der Waals surface area contributed by atoms with Crippen LogP contribution in [0.4, 0.5) is 0 Å². The maximum absolute atomic E-state index is 12.4. The maximum Gasteiger partial charge on any atom is 0.308 e. The first kappa shape index (κ1) is 13.8. The first-order valence-electron chi connectivity index (χ1n) is 7.40. The molecule has 3 rings (SSSR count). The number of hydrogen-bond donors (Lipinski definition) is 3. The topological polar surface area (TPSA) is 87.7 Å². The number of nitrogens with one attached hydrogen (secondary N) is 2. The van der Waals surface area contributed by atoms with Gasteiger partial charge in [0.25, 0.3) is 0 Å². The fourth-order valence-corrected chi connectivity index (χ4v) is 4.22. The van der Waals surface area contributed by atoms with Gasteiger partial charge in [0.15, 0.2) is 0 Å². The Hall–Kier alpha value is -1.14. The Balaban J connectivity index is 1.67. The number of fused-ring (bicyclic) bond motifs is 2. The van der Waals surface area contributed by atoms with Crippen molar-refractivity contribution in [3.05, 3.63) is 0 Å². The summed E-state index contributed by atoms with van der Waals surface area (Å²) < 4.78 is 5.34. The zero-order valence-corrected chi connectivity index (χ0v) is 11.7. The summed E-state index contributed by atoms with van der Waals surface area (Å²) in [6, 6.07) is -0.172. The zero-order chi connectivity index (χ0) is 14.3. The highest BCUT2D eigenvalue weighted by Crippen LogP contribution is 2.48. The molecule has 0 radical (unpaired) electrons. The fourth-order valence-electron chi connectivity index (χ4n) is 4.22. The van der Waals surface area contributed by atoms with Crippen LogP contribution >= 0.6 is 0 Å². The number of likely N-dealkylation sites (N-methyl/N-ethyl adjacent to an activating group) is 1. The lowest BCUT2D eigenvalue weighted by Gasteiger charge is -2.30. The molecule has 1 amide bonds. The summed E-state index contributed by atoms with van der Waals surface area (Å²) in [6.45, 7) is 0.948. The molecule has 1 saturated heterocycles. The van der Waals surface area contributed by atoms with Gasteiger partial charge < -0.3 is 20.5 Å². The van der Waals surface area contributed by atoms with E-state index in [0.717, 1.165) is 19.3 Å². The lowest BCUT2D eigenvalue weighted by Crippen LogP contribution is -2.51. The molecule has 3 fully saturated rings. The van der Waals surface area contributed by atoms with Crippen molar-refractivity contribution in [2.75, 3.05) is 20.3 Å². The monoisotopic (exact) mass is 282 g/mol. The van der Waals surface area contributed by atoms with Gasteiger partial charge in [0, 0.05) is 12.1 Å². The summed E-state index contributed by atoms with van der Waals surface area (Å²) >= 11 is 0. The normalized spacial score (nSPS) is 42.9. The van der Waals surface area contributed by atoms with E-state index in [4.69, 9.17) is 4.74 Å². The number of aliphatic carboxylic acids is 1. The molecule has 0 aromatic heterocycles. The molecule has 6 unspecified atom stereocenters. The van der Waals surface area contributed by atoms with Crippen LogP contribution in [0.5, 0.6) is 0 Å². The third-order valence-electron chi connectivity index (χ3n) is 5.30. The molecule has 6 nitrogen and oxygen atoms in total. The molecular formula is C14H22N2O4. The first-order chi connectivity index (χ1) is 9.61. The number of ether oxygens (including phenoxy) is 1. The van der Waals surface area contributed by atoms with E-state index in [1.54, 1.807) is 0 Å². The molecule has 20 heavy (non-hydrogen) atoms. The van der Waals surface area contributed by atoms with Crippen LogP contribution in [0.3, 0.4) is 0 Å². The van der Waals surface area contributed by atoms with Crippen molar-refractivity contribution in [1.82, 2.24) is 10.6 Å². The summed E-state index contributed by atoms with van der Waals surface area (Å²) in [4.78, 5) is 23.8. The van der Waals surface area contributed by atoms with E-state index in [9.17, 15) is 14.7 Å². The average Bonchev–Trinajstić information content (AvgIpc) is 3.12.